The van der Waals surface area contributed by atoms with E-state index in [1.54, 1.807) is 0 Å². The Morgan fingerprint density at radius 2 is 1.77 bits per heavy atom. The molecule has 0 saturated carbocycles. The molecule has 5 nitrogen and oxygen atoms in total. The van der Waals surface area contributed by atoms with Crippen LogP contribution in [-0.4, -0.2) is 22.1 Å². The largest absolute Gasteiger partial charge is 0.363 e. The first-order valence-electron chi connectivity index (χ1n) is 9.95. The molecule has 0 radical (unpaired) electrons. The number of hydrogen-bond acceptors (Lipinski definition) is 3. The fourth-order valence-corrected chi connectivity index (χ4v) is 3.70. The minimum absolute atomic E-state index is 0.194. The summed E-state index contributed by atoms with van der Waals surface area (Å²) < 4.78 is 28.8. The molecule has 0 fully saturated rings. The van der Waals surface area contributed by atoms with Crippen molar-refractivity contribution in [2.24, 2.45) is 0 Å². The Hall–Kier alpha value is -3.22. The van der Waals surface area contributed by atoms with E-state index in [0.29, 0.717) is 12.4 Å². The van der Waals surface area contributed by atoms with Crippen molar-refractivity contribution in [1.82, 2.24) is 15.1 Å². The molecule has 3 aromatic rings. The van der Waals surface area contributed by atoms with Gasteiger partial charge in [0.05, 0.1) is 12.2 Å². The van der Waals surface area contributed by atoms with Crippen LogP contribution in [0.15, 0.2) is 54.7 Å². The number of aryl methyl sites for hydroxylation is 2. The molecule has 0 aliphatic carbocycles. The molecule has 0 unspecified atom stereocenters. The summed E-state index contributed by atoms with van der Waals surface area (Å²) >= 11 is 0. The number of rotatable bonds is 5. The molecule has 1 aliphatic heterocycles. The standard InChI is InChI=1S/C23H24F2N4O/c1-14-3-7-16(8-4-14)12-26-23(30)18-13-27-29-20(21(24)25)11-19(28-22(18)29)17-9-5-15(2)6-10-17/h3-10,13,19-21,28H,11-12H2,1-2H3,(H,26,30)/t19-,20+/m1/s1. The van der Waals surface area contributed by atoms with Crippen molar-refractivity contribution in [2.75, 3.05) is 5.32 Å². The van der Waals surface area contributed by atoms with E-state index in [1.165, 1.54) is 10.9 Å². The monoisotopic (exact) mass is 410 g/mol. The van der Waals surface area contributed by atoms with Crippen LogP contribution < -0.4 is 10.6 Å². The third kappa shape index (κ3) is 4.06. The highest BCUT2D eigenvalue weighted by Gasteiger charge is 2.36. The van der Waals surface area contributed by atoms with Crippen molar-refractivity contribution < 1.29 is 13.6 Å². The third-order valence-electron chi connectivity index (χ3n) is 5.49. The average Bonchev–Trinajstić information content (AvgIpc) is 3.17. The third-order valence-corrected chi connectivity index (χ3v) is 5.49. The van der Waals surface area contributed by atoms with Gasteiger partial charge >= 0.3 is 0 Å². The number of carbonyl (C=O) groups is 1. The zero-order valence-electron chi connectivity index (χ0n) is 16.9. The molecule has 4 rings (SSSR count). The van der Waals surface area contributed by atoms with Crippen LogP contribution in [0.4, 0.5) is 14.6 Å². The first-order chi connectivity index (χ1) is 14.4. The SMILES string of the molecule is Cc1ccc(CNC(=O)c2cnn3c2N[C@@H](c2ccc(C)cc2)C[C@H]3C(F)F)cc1. The number of amides is 1. The lowest BCUT2D eigenvalue weighted by atomic mass is 9.96. The maximum absolute atomic E-state index is 13.8. The highest BCUT2D eigenvalue weighted by Crippen LogP contribution is 2.39. The summed E-state index contributed by atoms with van der Waals surface area (Å²) in [6.45, 7) is 4.33. The Labute approximate surface area is 174 Å². The van der Waals surface area contributed by atoms with Crippen molar-refractivity contribution in [1.29, 1.82) is 0 Å². The minimum atomic E-state index is -2.58. The lowest BCUT2D eigenvalue weighted by Gasteiger charge is -2.32. The smallest absolute Gasteiger partial charge is 0.260 e. The number of alkyl halides is 2. The predicted molar refractivity (Wildman–Crippen MR) is 112 cm³/mol. The van der Waals surface area contributed by atoms with Gasteiger partial charge in [-0.1, -0.05) is 59.7 Å². The van der Waals surface area contributed by atoms with Crippen LogP contribution in [0.5, 0.6) is 0 Å². The Morgan fingerprint density at radius 1 is 1.13 bits per heavy atom. The van der Waals surface area contributed by atoms with Gasteiger partial charge in [0.25, 0.3) is 12.3 Å². The molecule has 0 saturated heterocycles. The minimum Gasteiger partial charge on any atom is -0.363 e. The van der Waals surface area contributed by atoms with E-state index in [9.17, 15) is 13.6 Å². The lowest BCUT2D eigenvalue weighted by Crippen LogP contribution is -2.32. The molecular formula is C23H24F2N4O. The summed E-state index contributed by atoms with van der Waals surface area (Å²) in [5, 5.41) is 10.2. The van der Waals surface area contributed by atoms with Crippen molar-refractivity contribution in [3.63, 3.8) is 0 Å². The number of carbonyl (C=O) groups excluding carboxylic acids is 1. The summed E-state index contributed by atoms with van der Waals surface area (Å²) in [7, 11) is 0. The van der Waals surface area contributed by atoms with Crippen molar-refractivity contribution >= 4 is 11.7 Å². The van der Waals surface area contributed by atoms with Crippen molar-refractivity contribution in [2.45, 2.75) is 45.3 Å². The normalized spacial score (nSPS) is 18.0. The zero-order chi connectivity index (χ0) is 21.3. The van der Waals surface area contributed by atoms with Crippen LogP contribution >= 0.6 is 0 Å². The van der Waals surface area contributed by atoms with E-state index in [2.05, 4.69) is 15.7 Å². The number of fused-ring (bicyclic) bond motifs is 1. The van der Waals surface area contributed by atoms with E-state index >= 15 is 0 Å². The molecule has 2 atom stereocenters. The van der Waals surface area contributed by atoms with Crippen molar-refractivity contribution in [3.8, 4) is 0 Å². The van der Waals surface area contributed by atoms with Crippen LogP contribution in [0.1, 0.15) is 51.1 Å². The Kier molecular flexibility index (Phi) is 5.53. The number of hydrogen-bond donors (Lipinski definition) is 2. The van der Waals surface area contributed by atoms with Gasteiger partial charge in [0.15, 0.2) is 0 Å². The number of halogens is 2. The second-order valence-electron chi connectivity index (χ2n) is 7.76. The van der Waals surface area contributed by atoms with E-state index in [0.717, 1.165) is 22.3 Å². The van der Waals surface area contributed by atoms with E-state index < -0.39 is 12.5 Å². The molecular weight excluding hydrogens is 386 g/mol. The zero-order valence-corrected chi connectivity index (χ0v) is 16.9. The van der Waals surface area contributed by atoms with Gasteiger partial charge in [0, 0.05) is 6.54 Å². The van der Waals surface area contributed by atoms with E-state index in [-0.39, 0.29) is 23.9 Å². The molecule has 1 aliphatic rings. The first-order valence-corrected chi connectivity index (χ1v) is 9.95. The number of benzene rings is 2. The summed E-state index contributed by atoms with van der Waals surface area (Å²) in [5.74, 6) is -0.0135. The molecule has 1 amide bonds. The number of nitrogens with zero attached hydrogens (tertiary/aromatic N) is 2. The van der Waals surface area contributed by atoms with Gasteiger partial charge in [-0.3, -0.25) is 4.79 Å². The van der Waals surface area contributed by atoms with Gasteiger partial charge in [-0.2, -0.15) is 5.10 Å². The Bertz CT molecular complexity index is 1030. The molecule has 0 spiro atoms. The topological polar surface area (TPSA) is 59.0 Å². The molecule has 0 bridgehead atoms. The van der Waals surface area contributed by atoms with Gasteiger partial charge in [-0.05, 0) is 31.4 Å². The summed E-state index contributed by atoms with van der Waals surface area (Å²) in [5.41, 5.74) is 4.38. The molecule has 1 aromatic heterocycles. The quantitative estimate of drug-likeness (QED) is 0.636. The highest BCUT2D eigenvalue weighted by molar-refractivity contribution is 5.98. The molecule has 2 aromatic carbocycles. The first kappa shape index (κ1) is 20.1. The summed E-state index contributed by atoms with van der Waals surface area (Å²) in [6, 6.07) is 14.2. The Balaban J connectivity index is 1.57. The average molecular weight is 410 g/mol. The molecule has 2 N–H and O–H groups in total. The molecule has 7 heteroatoms. The van der Waals surface area contributed by atoms with Crippen LogP contribution in [0.25, 0.3) is 0 Å². The van der Waals surface area contributed by atoms with Crippen LogP contribution in [0.2, 0.25) is 0 Å². The summed E-state index contributed by atoms with van der Waals surface area (Å²) in [6.07, 6.45) is -1.03. The van der Waals surface area contributed by atoms with E-state index in [1.807, 2.05) is 62.4 Å². The fraction of sp³-hybridized carbons (Fsp3) is 0.304. The second-order valence-corrected chi connectivity index (χ2v) is 7.76. The maximum atomic E-state index is 13.8. The Morgan fingerprint density at radius 3 is 2.40 bits per heavy atom. The maximum Gasteiger partial charge on any atom is 0.260 e. The van der Waals surface area contributed by atoms with Gasteiger partial charge in [0.1, 0.15) is 17.4 Å². The van der Waals surface area contributed by atoms with Crippen LogP contribution in [-0.2, 0) is 6.54 Å². The number of nitrogens with one attached hydrogen (secondary N) is 2. The second kappa shape index (κ2) is 8.26. The van der Waals surface area contributed by atoms with E-state index in [4.69, 9.17) is 0 Å². The molecule has 30 heavy (non-hydrogen) atoms. The van der Waals surface area contributed by atoms with Gasteiger partial charge in [-0.15, -0.1) is 0 Å². The highest BCUT2D eigenvalue weighted by atomic mass is 19.3. The van der Waals surface area contributed by atoms with Gasteiger partial charge < -0.3 is 10.6 Å². The van der Waals surface area contributed by atoms with Crippen LogP contribution in [0.3, 0.4) is 0 Å². The lowest BCUT2D eigenvalue weighted by molar-refractivity contribution is 0.0656. The molecule has 2 heterocycles. The summed E-state index contributed by atoms with van der Waals surface area (Å²) in [4.78, 5) is 12.8. The van der Waals surface area contributed by atoms with Gasteiger partial charge in [0.2, 0.25) is 0 Å². The van der Waals surface area contributed by atoms with Crippen molar-refractivity contribution in [3.05, 3.63) is 82.5 Å². The van der Waals surface area contributed by atoms with Crippen LogP contribution in [0, 0.1) is 13.8 Å². The number of anilines is 1. The fourth-order valence-electron chi connectivity index (χ4n) is 3.70. The number of aromatic nitrogens is 2. The van der Waals surface area contributed by atoms with Gasteiger partial charge in [-0.25, -0.2) is 13.5 Å². The molecule has 156 valence electrons. The predicted octanol–water partition coefficient (Wildman–Crippen LogP) is 4.79.